The molecular weight excluding hydrogens is 230 g/mol. The van der Waals surface area contributed by atoms with E-state index in [0.717, 1.165) is 0 Å². The summed E-state index contributed by atoms with van der Waals surface area (Å²) < 4.78 is 5.47. The number of nitrogens with zero attached hydrogens (tertiary/aromatic N) is 2. The number of hydrogen-bond donors (Lipinski definition) is 2. The van der Waals surface area contributed by atoms with Crippen LogP contribution in [0.2, 0.25) is 0 Å². The molecule has 5 nitrogen and oxygen atoms in total. The fraction of sp³-hybridized carbons (Fsp3) is 0.615. The van der Waals surface area contributed by atoms with Crippen molar-refractivity contribution in [3.8, 4) is 5.75 Å². The highest BCUT2D eigenvalue weighted by molar-refractivity contribution is 5.49. The van der Waals surface area contributed by atoms with Gasteiger partial charge in [0.1, 0.15) is 0 Å². The summed E-state index contributed by atoms with van der Waals surface area (Å²) in [5.41, 5.74) is -0.815. The zero-order chi connectivity index (χ0) is 13.6. The van der Waals surface area contributed by atoms with Gasteiger partial charge in [0, 0.05) is 19.3 Å². The number of likely N-dealkylation sites (N-methyl/N-ethyl adjacent to an activating group) is 1. The van der Waals surface area contributed by atoms with Gasteiger partial charge in [0.15, 0.2) is 11.6 Å². The van der Waals surface area contributed by atoms with Gasteiger partial charge in [-0.1, -0.05) is 0 Å². The second-order valence-corrected chi connectivity index (χ2v) is 4.87. The molecule has 1 aromatic heterocycles. The number of hydrogen-bond acceptors (Lipinski definition) is 5. The second kappa shape index (κ2) is 6.56. The normalized spacial score (nSPS) is 14.3. The van der Waals surface area contributed by atoms with Gasteiger partial charge in [0.2, 0.25) is 0 Å². The van der Waals surface area contributed by atoms with E-state index in [2.05, 4.69) is 10.3 Å². The second-order valence-electron chi connectivity index (χ2n) is 4.87. The summed E-state index contributed by atoms with van der Waals surface area (Å²) in [5.74, 6) is 1.37. The quantitative estimate of drug-likeness (QED) is 0.765. The summed E-state index contributed by atoms with van der Waals surface area (Å²) in [6.45, 7) is 5.32. The molecule has 0 amide bonds. The molecule has 0 bridgehead atoms. The van der Waals surface area contributed by atoms with E-state index in [0.29, 0.717) is 31.3 Å². The van der Waals surface area contributed by atoms with Gasteiger partial charge < -0.3 is 20.1 Å². The van der Waals surface area contributed by atoms with Crippen molar-refractivity contribution in [2.45, 2.75) is 19.4 Å². The monoisotopic (exact) mass is 253 g/mol. The topological polar surface area (TPSA) is 57.6 Å². The van der Waals surface area contributed by atoms with Crippen LogP contribution in [0.4, 0.5) is 5.82 Å². The van der Waals surface area contributed by atoms with Crippen molar-refractivity contribution < 1.29 is 9.84 Å². The predicted octanol–water partition coefficient (Wildman–Crippen LogP) is 1.20. The third kappa shape index (κ3) is 4.89. The van der Waals surface area contributed by atoms with Crippen LogP contribution in [0.15, 0.2) is 18.3 Å². The standard InChI is InChI=1S/C13H23N3O2/c1-5-18-11-7-6-8-14-12(11)15-9-13(2,17)10-16(3)4/h6-8,17H,5,9-10H2,1-4H3,(H,14,15). The molecule has 0 fully saturated rings. The largest absolute Gasteiger partial charge is 0.490 e. The summed E-state index contributed by atoms with van der Waals surface area (Å²) in [6.07, 6.45) is 1.70. The van der Waals surface area contributed by atoms with Gasteiger partial charge >= 0.3 is 0 Å². The van der Waals surface area contributed by atoms with Gasteiger partial charge in [-0.2, -0.15) is 0 Å². The highest BCUT2D eigenvalue weighted by atomic mass is 16.5. The first-order valence-corrected chi connectivity index (χ1v) is 6.13. The Balaban J connectivity index is 2.62. The Bertz CT molecular complexity index is 367. The predicted molar refractivity (Wildman–Crippen MR) is 73.1 cm³/mol. The molecule has 1 aromatic rings. The lowest BCUT2D eigenvalue weighted by atomic mass is 10.1. The highest BCUT2D eigenvalue weighted by Gasteiger charge is 2.21. The molecule has 1 unspecified atom stereocenters. The van der Waals surface area contributed by atoms with Crippen LogP contribution in [0.5, 0.6) is 5.75 Å². The molecule has 0 saturated carbocycles. The Morgan fingerprint density at radius 1 is 1.50 bits per heavy atom. The van der Waals surface area contributed by atoms with Crippen molar-refractivity contribution in [3.05, 3.63) is 18.3 Å². The molecule has 5 heteroatoms. The molecule has 0 saturated heterocycles. The third-order valence-electron chi connectivity index (χ3n) is 2.36. The lowest BCUT2D eigenvalue weighted by Crippen LogP contribution is -2.43. The molecule has 0 aromatic carbocycles. The summed E-state index contributed by atoms with van der Waals surface area (Å²) in [5, 5.41) is 13.3. The number of rotatable bonds is 7. The van der Waals surface area contributed by atoms with E-state index in [1.165, 1.54) is 0 Å². The molecule has 102 valence electrons. The minimum Gasteiger partial charge on any atom is -0.490 e. The Hall–Kier alpha value is -1.33. The van der Waals surface area contributed by atoms with Gasteiger partial charge in [0.05, 0.1) is 12.2 Å². The molecule has 0 aliphatic heterocycles. The number of nitrogens with one attached hydrogen (secondary N) is 1. The SMILES string of the molecule is CCOc1cccnc1NCC(C)(O)CN(C)C. The Morgan fingerprint density at radius 2 is 2.22 bits per heavy atom. The van der Waals surface area contributed by atoms with E-state index in [1.807, 2.05) is 38.1 Å². The zero-order valence-corrected chi connectivity index (χ0v) is 11.6. The number of aliphatic hydroxyl groups is 1. The van der Waals surface area contributed by atoms with Crippen LogP contribution in [0.1, 0.15) is 13.8 Å². The smallest absolute Gasteiger partial charge is 0.168 e. The van der Waals surface area contributed by atoms with E-state index in [1.54, 1.807) is 13.1 Å². The lowest BCUT2D eigenvalue weighted by molar-refractivity contribution is 0.0458. The fourth-order valence-corrected chi connectivity index (χ4v) is 1.81. The van der Waals surface area contributed by atoms with Crippen LogP contribution in [-0.4, -0.2) is 54.4 Å². The maximum atomic E-state index is 10.2. The molecule has 2 N–H and O–H groups in total. The van der Waals surface area contributed by atoms with E-state index in [9.17, 15) is 5.11 Å². The molecule has 0 radical (unpaired) electrons. The summed E-state index contributed by atoms with van der Waals surface area (Å²) in [7, 11) is 3.86. The van der Waals surface area contributed by atoms with E-state index >= 15 is 0 Å². The van der Waals surface area contributed by atoms with E-state index < -0.39 is 5.60 Å². The minimum atomic E-state index is -0.815. The highest BCUT2D eigenvalue weighted by Crippen LogP contribution is 2.21. The van der Waals surface area contributed by atoms with Crippen molar-refractivity contribution in [2.24, 2.45) is 0 Å². The number of aromatic nitrogens is 1. The van der Waals surface area contributed by atoms with Crippen LogP contribution in [-0.2, 0) is 0 Å². The third-order valence-corrected chi connectivity index (χ3v) is 2.36. The van der Waals surface area contributed by atoms with Crippen molar-refractivity contribution in [2.75, 3.05) is 39.1 Å². The van der Waals surface area contributed by atoms with Crippen LogP contribution in [0, 0.1) is 0 Å². The van der Waals surface area contributed by atoms with Crippen molar-refractivity contribution in [1.29, 1.82) is 0 Å². The fourth-order valence-electron chi connectivity index (χ4n) is 1.81. The Labute approximate surface area is 109 Å². The van der Waals surface area contributed by atoms with Crippen molar-refractivity contribution in [1.82, 2.24) is 9.88 Å². The zero-order valence-electron chi connectivity index (χ0n) is 11.6. The lowest BCUT2D eigenvalue weighted by Gasteiger charge is -2.27. The molecule has 1 atom stereocenters. The maximum absolute atomic E-state index is 10.2. The Kier molecular flexibility index (Phi) is 5.37. The Morgan fingerprint density at radius 3 is 2.83 bits per heavy atom. The molecular formula is C13H23N3O2. The first-order valence-electron chi connectivity index (χ1n) is 6.13. The van der Waals surface area contributed by atoms with Crippen molar-refractivity contribution >= 4 is 5.82 Å². The summed E-state index contributed by atoms with van der Waals surface area (Å²) >= 11 is 0. The average Bonchev–Trinajstić information content (AvgIpc) is 2.27. The van der Waals surface area contributed by atoms with Gasteiger partial charge in [-0.25, -0.2) is 4.98 Å². The average molecular weight is 253 g/mol. The van der Waals surface area contributed by atoms with Gasteiger partial charge in [-0.3, -0.25) is 0 Å². The number of anilines is 1. The molecule has 0 spiro atoms. The number of ether oxygens (including phenoxy) is 1. The molecule has 1 heterocycles. The van der Waals surface area contributed by atoms with Crippen molar-refractivity contribution in [3.63, 3.8) is 0 Å². The van der Waals surface area contributed by atoms with Crippen LogP contribution < -0.4 is 10.1 Å². The maximum Gasteiger partial charge on any atom is 0.168 e. The molecule has 0 aliphatic carbocycles. The van der Waals surface area contributed by atoms with Crippen LogP contribution >= 0.6 is 0 Å². The van der Waals surface area contributed by atoms with Gasteiger partial charge in [0.25, 0.3) is 0 Å². The van der Waals surface area contributed by atoms with Gasteiger partial charge in [-0.05, 0) is 40.1 Å². The molecule has 1 rings (SSSR count). The van der Waals surface area contributed by atoms with Gasteiger partial charge in [-0.15, -0.1) is 0 Å². The summed E-state index contributed by atoms with van der Waals surface area (Å²) in [4.78, 5) is 6.17. The van der Waals surface area contributed by atoms with Crippen LogP contribution in [0.25, 0.3) is 0 Å². The first-order chi connectivity index (χ1) is 8.44. The molecule has 18 heavy (non-hydrogen) atoms. The van der Waals surface area contributed by atoms with E-state index in [-0.39, 0.29) is 0 Å². The first kappa shape index (κ1) is 14.7. The summed E-state index contributed by atoms with van der Waals surface area (Å²) in [6, 6.07) is 3.69. The van der Waals surface area contributed by atoms with E-state index in [4.69, 9.17) is 4.74 Å². The minimum absolute atomic E-state index is 0.419. The van der Waals surface area contributed by atoms with Crippen LogP contribution in [0.3, 0.4) is 0 Å². The molecule has 0 aliphatic rings. The number of pyridine rings is 1.